The lowest BCUT2D eigenvalue weighted by molar-refractivity contribution is 0.399. The summed E-state index contributed by atoms with van der Waals surface area (Å²) in [5.41, 5.74) is 2.28. The van der Waals surface area contributed by atoms with Gasteiger partial charge in [0, 0.05) is 27.9 Å². The van der Waals surface area contributed by atoms with Crippen molar-refractivity contribution in [3.8, 4) is 11.3 Å². The topological polar surface area (TPSA) is 24.9 Å². The van der Waals surface area contributed by atoms with Gasteiger partial charge in [-0.3, -0.25) is 0 Å². The van der Waals surface area contributed by atoms with E-state index in [0.29, 0.717) is 6.04 Å². The molecule has 0 bridgehead atoms. The largest absolute Gasteiger partial charge is 0.314 e. The van der Waals surface area contributed by atoms with Gasteiger partial charge < -0.3 is 5.32 Å². The Morgan fingerprint density at radius 2 is 2.32 bits per heavy atom. The molecule has 2 aromatic rings. The van der Waals surface area contributed by atoms with Crippen LogP contribution in [-0.2, 0) is 6.42 Å². The molecule has 100 valence electrons. The summed E-state index contributed by atoms with van der Waals surface area (Å²) in [6, 6.07) is 8.96. The zero-order chi connectivity index (χ0) is 13.1. The number of thiazole rings is 1. The van der Waals surface area contributed by atoms with Gasteiger partial charge in [-0.05, 0) is 31.5 Å². The highest BCUT2D eigenvalue weighted by Crippen LogP contribution is 2.25. The highest BCUT2D eigenvalue weighted by molar-refractivity contribution is 9.10. The Labute approximate surface area is 126 Å². The van der Waals surface area contributed by atoms with Crippen molar-refractivity contribution < 1.29 is 0 Å². The van der Waals surface area contributed by atoms with E-state index in [9.17, 15) is 0 Å². The summed E-state index contributed by atoms with van der Waals surface area (Å²) in [5, 5.41) is 7.00. The lowest BCUT2D eigenvalue weighted by Gasteiger charge is -2.22. The highest BCUT2D eigenvalue weighted by atomic mass is 79.9. The number of piperidine rings is 1. The van der Waals surface area contributed by atoms with Gasteiger partial charge in [-0.1, -0.05) is 34.5 Å². The molecule has 1 unspecified atom stereocenters. The zero-order valence-corrected chi connectivity index (χ0v) is 13.1. The number of aromatic nitrogens is 1. The van der Waals surface area contributed by atoms with Crippen LogP contribution in [0.2, 0.25) is 0 Å². The SMILES string of the molecule is Brc1cccc(-c2csc(CC3CCCCN3)n2)c1. The summed E-state index contributed by atoms with van der Waals surface area (Å²) >= 11 is 5.29. The van der Waals surface area contributed by atoms with Crippen LogP contribution < -0.4 is 5.32 Å². The second kappa shape index (κ2) is 6.16. The smallest absolute Gasteiger partial charge is 0.0948 e. The number of hydrogen-bond acceptors (Lipinski definition) is 3. The van der Waals surface area contributed by atoms with Gasteiger partial charge in [0.05, 0.1) is 10.7 Å². The van der Waals surface area contributed by atoms with Crippen molar-refractivity contribution in [3.63, 3.8) is 0 Å². The summed E-state index contributed by atoms with van der Waals surface area (Å²) in [6.45, 7) is 1.16. The van der Waals surface area contributed by atoms with Crippen LogP contribution in [-0.4, -0.2) is 17.6 Å². The van der Waals surface area contributed by atoms with Crippen LogP contribution in [0.1, 0.15) is 24.3 Å². The molecule has 1 N–H and O–H groups in total. The first-order valence-electron chi connectivity index (χ1n) is 6.75. The van der Waals surface area contributed by atoms with Crippen molar-refractivity contribution in [3.05, 3.63) is 39.1 Å². The maximum atomic E-state index is 4.77. The molecule has 1 aliphatic heterocycles. The fourth-order valence-corrected chi connectivity index (χ4v) is 3.78. The maximum Gasteiger partial charge on any atom is 0.0948 e. The summed E-state index contributed by atoms with van der Waals surface area (Å²) in [4.78, 5) is 4.77. The highest BCUT2D eigenvalue weighted by Gasteiger charge is 2.15. The Morgan fingerprint density at radius 3 is 3.11 bits per heavy atom. The number of rotatable bonds is 3. The molecule has 0 aliphatic carbocycles. The molecular weight excluding hydrogens is 320 g/mol. The molecule has 2 heterocycles. The average molecular weight is 337 g/mol. The average Bonchev–Trinajstić information content (AvgIpc) is 2.88. The normalized spacial score (nSPS) is 19.5. The van der Waals surface area contributed by atoms with E-state index in [-0.39, 0.29) is 0 Å². The van der Waals surface area contributed by atoms with E-state index in [0.717, 1.165) is 23.1 Å². The van der Waals surface area contributed by atoms with E-state index in [1.807, 2.05) is 6.07 Å². The fourth-order valence-electron chi connectivity index (χ4n) is 2.49. The van der Waals surface area contributed by atoms with Crippen molar-refractivity contribution >= 4 is 27.3 Å². The predicted molar refractivity (Wildman–Crippen MR) is 84.6 cm³/mol. The van der Waals surface area contributed by atoms with E-state index >= 15 is 0 Å². The van der Waals surface area contributed by atoms with Crippen molar-refractivity contribution in [2.45, 2.75) is 31.7 Å². The molecule has 1 atom stereocenters. The lowest BCUT2D eigenvalue weighted by Crippen LogP contribution is -2.35. The number of benzene rings is 1. The van der Waals surface area contributed by atoms with Gasteiger partial charge in [-0.15, -0.1) is 11.3 Å². The van der Waals surface area contributed by atoms with E-state index in [2.05, 4.69) is 44.8 Å². The molecular formula is C15H17BrN2S. The summed E-state index contributed by atoms with van der Waals surface area (Å²) < 4.78 is 1.11. The number of nitrogens with zero attached hydrogens (tertiary/aromatic N) is 1. The van der Waals surface area contributed by atoms with Gasteiger partial charge in [-0.2, -0.15) is 0 Å². The molecule has 1 saturated heterocycles. The van der Waals surface area contributed by atoms with Gasteiger partial charge in [0.2, 0.25) is 0 Å². The molecule has 0 saturated carbocycles. The first kappa shape index (κ1) is 13.3. The van der Waals surface area contributed by atoms with Crippen LogP contribution in [0.15, 0.2) is 34.1 Å². The Kier molecular flexibility index (Phi) is 4.31. The molecule has 4 heteroatoms. The molecule has 19 heavy (non-hydrogen) atoms. The fraction of sp³-hybridized carbons (Fsp3) is 0.400. The summed E-state index contributed by atoms with van der Waals surface area (Å²) in [5.74, 6) is 0. The quantitative estimate of drug-likeness (QED) is 0.905. The number of halogens is 1. The third-order valence-electron chi connectivity index (χ3n) is 3.51. The molecule has 1 fully saturated rings. The number of hydrogen-bond donors (Lipinski definition) is 1. The van der Waals surface area contributed by atoms with Gasteiger partial charge in [-0.25, -0.2) is 4.98 Å². The third kappa shape index (κ3) is 3.44. The number of nitrogens with one attached hydrogen (secondary N) is 1. The van der Waals surface area contributed by atoms with Gasteiger partial charge in [0.15, 0.2) is 0 Å². The molecule has 1 aromatic heterocycles. The van der Waals surface area contributed by atoms with Gasteiger partial charge >= 0.3 is 0 Å². The standard InChI is InChI=1S/C15H17BrN2S/c16-12-5-3-4-11(8-12)14-10-19-15(18-14)9-13-6-1-2-7-17-13/h3-5,8,10,13,17H,1-2,6-7,9H2. The van der Waals surface area contributed by atoms with Crippen LogP contribution in [0.4, 0.5) is 0 Å². The maximum absolute atomic E-state index is 4.77. The van der Waals surface area contributed by atoms with E-state index in [1.165, 1.54) is 29.8 Å². The Balaban J connectivity index is 1.72. The van der Waals surface area contributed by atoms with Gasteiger partial charge in [0.25, 0.3) is 0 Å². The van der Waals surface area contributed by atoms with Crippen LogP contribution in [0.3, 0.4) is 0 Å². The van der Waals surface area contributed by atoms with E-state index < -0.39 is 0 Å². The first-order chi connectivity index (χ1) is 9.31. The van der Waals surface area contributed by atoms with Crippen LogP contribution in [0.25, 0.3) is 11.3 Å². The van der Waals surface area contributed by atoms with E-state index in [4.69, 9.17) is 4.98 Å². The van der Waals surface area contributed by atoms with Crippen molar-refractivity contribution in [1.29, 1.82) is 0 Å². The summed E-state index contributed by atoms with van der Waals surface area (Å²) in [7, 11) is 0. The molecule has 0 radical (unpaired) electrons. The second-order valence-corrected chi connectivity index (χ2v) is 6.85. The minimum atomic E-state index is 0.621. The Hall–Kier alpha value is -0.710. The van der Waals surface area contributed by atoms with Crippen LogP contribution >= 0.6 is 27.3 Å². The van der Waals surface area contributed by atoms with Crippen LogP contribution in [0, 0.1) is 0 Å². The van der Waals surface area contributed by atoms with Crippen LogP contribution in [0.5, 0.6) is 0 Å². The van der Waals surface area contributed by atoms with Gasteiger partial charge in [0.1, 0.15) is 0 Å². The third-order valence-corrected chi connectivity index (χ3v) is 4.87. The molecule has 0 spiro atoms. The summed E-state index contributed by atoms with van der Waals surface area (Å²) in [6.07, 6.45) is 5.02. The van der Waals surface area contributed by atoms with Crippen molar-refractivity contribution in [2.75, 3.05) is 6.54 Å². The zero-order valence-electron chi connectivity index (χ0n) is 10.7. The molecule has 1 aromatic carbocycles. The van der Waals surface area contributed by atoms with E-state index in [1.54, 1.807) is 11.3 Å². The molecule has 1 aliphatic rings. The predicted octanol–water partition coefficient (Wildman–Crippen LogP) is 4.26. The Morgan fingerprint density at radius 1 is 1.37 bits per heavy atom. The minimum Gasteiger partial charge on any atom is -0.314 e. The Bertz CT molecular complexity index is 547. The minimum absolute atomic E-state index is 0.621. The van der Waals surface area contributed by atoms with Crippen molar-refractivity contribution in [2.24, 2.45) is 0 Å². The second-order valence-electron chi connectivity index (χ2n) is 4.99. The molecule has 3 rings (SSSR count). The monoisotopic (exact) mass is 336 g/mol. The molecule has 2 nitrogen and oxygen atoms in total. The van der Waals surface area contributed by atoms with Crippen molar-refractivity contribution in [1.82, 2.24) is 10.3 Å². The lowest BCUT2D eigenvalue weighted by atomic mass is 10.0. The molecule has 0 amide bonds. The first-order valence-corrected chi connectivity index (χ1v) is 8.42.